The Hall–Kier alpha value is -3.51. The molecule has 0 saturated carbocycles. The molecule has 27 heavy (non-hydrogen) atoms. The van der Waals surface area contributed by atoms with Gasteiger partial charge in [0.15, 0.2) is 5.82 Å². The molecule has 4 aromatic rings. The van der Waals surface area contributed by atoms with Crippen LogP contribution in [0.4, 0.5) is 0 Å². The van der Waals surface area contributed by atoms with E-state index in [1.807, 2.05) is 42.5 Å². The van der Waals surface area contributed by atoms with E-state index >= 15 is 0 Å². The smallest absolute Gasteiger partial charge is 0.277 e. The van der Waals surface area contributed by atoms with Gasteiger partial charge in [-0.25, -0.2) is 4.98 Å². The summed E-state index contributed by atoms with van der Waals surface area (Å²) in [4.78, 5) is 10.4. The predicted molar refractivity (Wildman–Crippen MR) is 101 cm³/mol. The Balaban J connectivity index is 1.59. The van der Waals surface area contributed by atoms with Crippen molar-refractivity contribution in [1.82, 2.24) is 25.1 Å². The van der Waals surface area contributed by atoms with Crippen LogP contribution in [-0.2, 0) is 0 Å². The second-order valence-corrected chi connectivity index (χ2v) is 6.98. The van der Waals surface area contributed by atoms with Crippen LogP contribution in [0.2, 0.25) is 0 Å². The minimum Gasteiger partial charge on any atom is -0.510 e. The van der Waals surface area contributed by atoms with Gasteiger partial charge in [0.2, 0.25) is 0 Å². The molecule has 4 rings (SSSR count). The highest BCUT2D eigenvalue weighted by Crippen LogP contribution is 2.31. The summed E-state index contributed by atoms with van der Waals surface area (Å²) in [5.41, 5.74) is 2.30. The summed E-state index contributed by atoms with van der Waals surface area (Å²) in [5.74, 6) is 0.568. The molecule has 3 N–H and O–H groups in total. The van der Waals surface area contributed by atoms with Gasteiger partial charge in [-0.1, -0.05) is 23.9 Å². The van der Waals surface area contributed by atoms with Crippen molar-refractivity contribution < 1.29 is 9.52 Å². The van der Waals surface area contributed by atoms with Gasteiger partial charge in [-0.15, -0.1) is 10.2 Å². The third-order valence-electron chi connectivity index (χ3n) is 3.89. The summed E-state index contributed by atoms with van der Waals surface area (Å²) in [7, 11) is 0. The lowest BCUT2D eigenvalue weighted by molar-refractivity contribution is 0.399. The maximum atomic E-state index is 10.6. The van der Waals surface area contributed by atoms with E-state index in [1.165, 1.54) is 0 Å². The Kier molecular flexibility index (Phi) is 4.40. The molecule has 0 aliphatic rings. The molecule has 0 fully saturated rings. The van der Waals surface area contributed by atoms with Crippen LogP contribution >= 0.6 is 11.8 Å². The molecule has 134 valence electrons. The van der Waals surface area contributed by atoms with Crippen molar-refractivity contribution in [1.29, 1.82) is 5.26 Å². The van der Waals surface area contributed by atoms with Gasteiger partial charge in [-0.3, -0.25) is 0 Å². The van der Waals surface area contributed by atoms with Crippen LogP contribution in [0.25, 0.3) is 28.2 Å². The number of nitriles is 1. The highest BCUT2D eigenvalue weighted by Gasteiger charge is 2.21. The first kappa shape index (κ1) is 16.9. The van der Waals surface area contributed by atoms with E-state index in [0.29, 0.717) is 22.6 Å². The molecule has 1 unspecified atom stereocenters. The summed E-state index contributed by atoms with van der Waals surface area (Å²) >= 11 is 1.16. The van der Waals surface area contributed by atoms with Crippen molar-refractivity contribution in [2.45, 2.75) is 17.4 Å². The highest BCUT2D eigenvalue weighted by atomic mass is 32.2. The second-order valence-electron chi connectivity index (χ2n) is 5.69. The number of hydrogen-bond donors (Lipinski definition) is 3. The maximum Gasteiger partial charge on any atom is 0.277 e. The summed E-state index contributed by atoms with van der Waals surface area (Å²) in [6.07, 6.45) is 1.76. The van der Waals surface area contributed by atoms with Gasteiger partial charge in [0.1, 0.15) is 23.1 Å². The van der Waals surface area contributed by atoms with E-state index < -0.39 is 5.25 Å². The van der Waals surface area contributed by atoms with E-state index in [1.54, 1.807) is 13.1 Å². The number of fused-ring (bicyclic) bond motifs is 1. The number of benzene rings is 1. The largest absolute Gasteiger partial charge is 0.510 e. The van der Waals surface area contributed by atoms with Gasteiger partial charge in [-0.05, 0) is 31.2 Å². The minimum absolute atomic E-state index is 0.0790. The van der Waals surface area contributed by atoms with Crippen LogP contribution in [-0.4, -0.2) is 35.5 Å². The molecule has 9 heteroatoms. The standard InChI is InChI=1S/C18H14N6O2S/c1-10(27-18-24-23-17(26-18)14-7-4-8-20-14)15(25)11(9-19)16-21-12-5-2-3-6-13(12)22-16/h2-8,10,20,25H,1H3,(H,21,22)/b15-11-. The topological polar surface area (TPSA) is 127 Å². The Morgan fingerprint density at radius 2 is 2.11 bits per heavy atom. The Labute approximate surface area is 158 Å². The SMILES string of the molecule is CC(Sc1nnc(-c2ccc[nH]2)o1)/C(O)=C(\C#N)c1nc2ccccc2[nH]1. The number of imidazole rings is 1. The summed E-state index contributed by atoms with van der Waals surface area (Å²) < 4.78 is 5.59. The number of para-hydroxylation sites is 2. The Bertz CT molecular complexity index is 1120. The number of rotatable bonds is 5. The predicted octanol–water partition coefficient (Wildman–Crippen LogP) is 3.91. The van der Waals surface area contributed by atoms with E-state index in [-0.39, 0.29) is 11.3 Å². The lowest BCUT2D eigenvalue weighted by atomic mass is 10.2. The lowest BCUT2D eigenvalue weighted by Gasteiger charge is -2.08. The quantitative estimate of drug-likeness (QED) is 0.273. The molecule has 0 radical (unpaired) electrons. The number of H-pyrrole nitrogens is 2. The molecular weight excluding hydrogens is 364 g/mol. The fourth-order valence-electron chi connectivity index (χ4n) is 2.54. The molecule has 0 bridgehead atoms. The maximum absolute atomic E-state index is 10.6. The molecule has 1 atom stereocenters. The van der Waals surface area contributed by atoms with Gasteiger partial charge in [-0.2, -0.15) is 5.26 Å². The second kappa shape index (κ2) is 7.01. The van der Waals surface area contributed by atoms with Crippen LogP contribution in [0, 0.1) is 11.3 Å². The van der Waals surface area contributed by atoms with Crippen molar-refractivity contribution in [3.05, 3.63) is 54.2 Å². The van der Waals surface area contributed by atoms with Crippen LogP contribution in [0.3, 0.4) is 0 Å². The van der Waals surface area contributed by atoms with Crippen LogP contribution < -0.4 is 0 Å². The van der Waals surface area contributed by atoms with Crippen LogP contribution in [0.1, 0.15) is 12.7 Å². The lowest BCUT2D eigenvalue weighted by Crippen LogP contribution is -2.04. The molecule has 1 aromatic carbocycles. The number of thioether (sulfide) groups is 1. The average molecular weight is 378 g/mol. The van der Waals surface area contributed by atoms with E-state index in [2.05, 4.69) is 25.1 Å². The monoisotopic (exact) mass is 378 g/mol. The molecule has 0 spiro atoms. The Morgan fingerprint density at radius 3 is 2.85 bits per heavy atom. The van der Waals surface area contributed by atoms with Crippen molar-refractivity contribution >= 4 is 28.4 Å². The van der Waals surface area contributed by atoms with Crippen molar-refractivity contribution in [3.8, 4) is 17.7 Å². The zero-order chi connectivity index (χ0) is 18.8. The molecule has 0 saturated heterocycles. The van der Waals surface area contributed by atoms with Crippen LogP contribution in [0.15, 0.2) is 58.0 Å². The minimum atomic E-state index is -0.482. The zero-order valence-electron chi connectivity index (χ0n) is 14.2. The van der Waals surface area contributed by atoms with Gasteiger partial charge >= 0.3 is 0 Å². The van der Waals surface area contributed by atoms with E-state index in [0.717, 1.165) is 22.8 Å². The molecule has 0 amide bonds. The Morgan fingerprint density at radius 1 is 1.26 bits per heavy atom. The third kappa shape index (κ3) is 3.30. The van der Waals surface area contributed by atoms with Crippen LogP contribution in [0.5, 0.6) is 0 Å². The fraction of sp³-hybridized carbons (Fsp3) is 0.111. The normalized spacial score (nSPS) is 13.3. The number of aromatic nitrogens is 5. The van der Waals surface area contributed by atoms with Crippen molar-refractivity contribution in [2.24, 2.45) is 0 Å². The first-order valence-electron chi connectivity index (χ1n) is 8.08. The first-order chi connectivity index (χ1) is 13.2. The number of aliphatic hydroxyl groups excluding tert-OH is 1. The van der Waals surface area contributed by atoms with Gasteiger partial charge < -0.3 is 19.5 Å². The van der Waals surface area contributed by atoms with Gasteiger partial charge in [0.05, 0.1) is 16.3 Å². The molecule has 8 nitrogen and oxygen atoms in total. The van der Waals surface area contributed by atoms with Crippen molar-refractivity contribution in [2.75, 3.05) is 0 Å². The number of hydrogen-bond acceptors (Lipinski definition) is 7. The number of allylic oxidation sites excluding steroid dienone is 1. The molecule has 0 aliphatic carbocycles. The van der Waals surface area contributed by atoms with E-state index in [9.17, 15) is 10.4 Å². The molecular formula is C18H14N6O2S. The molecule has 0 aliphatic heterocycles. The zero-order valence-corrected chi connectivity index (χ0v) is 15.0. The number of aliphatic hydroxyl groups is 1. The summed E-state index contributed by atoms with van der Waals surface area (Å²) in [6.45, 7) is 1.75. The van der Waals surface area contributed by atoms with Gasteiger partial charge in [0, 0.05) is 6.20 Å². The number of aromatic amines is 2. The molecule has 3 aromatic heterocycles. The fourth-order valence-corrected chi connectivity index (χ4v) is 3.29. The van der Waals surface area contributed by atoms with Crippen molar-refractivity contribution in [3.63, 3.8) is 0 Å². The summed E-state index contributed by atoms with van der Waals surface area (Å²) in [5, 5.41) is 27.9. The third-order valence-corrected chi connectivity index (χ3v) is 4.84. The highest BCUT2D eigenvalue weighted by molar-refractivity contribution is 7.99. The average Bonchev–Trinajstić information content (AvgIpc) is 3.42. The first-order valence-corrected chi connectivity index (χ1v) is 8.96. The van der Waals surface area contributed by atoms with E-state index in [4.69, 9.17) is 4.42 Å². The van der Waals surface area contributed by atoms with Gasteiger partial charge in [0.25, 0.3) is 11.1 Å². The number of nitrogens with one attached hydrogen (secondary N) is 2. The summed E-state index contributed by atoms with van der Waals surface area (Å²) in [6, 6.07) is 13.1. The number of nitrogens with zero attached hydrogens (tertiary/aromatic N) is 4. The molecule has 3 heterocycles.